The first-order valence-corrected chi connectivity index (χ1v) is 10.5. The van der Waals surface area contributed by atoms with Crippen molar-refractivity contribution in [3.05, 3.63) is 52.0 Å². The predicted octanol–water partition coefficient (Wildman–Crippen LogP) is 5.79. The minimum atomic E-state index is 0.470. The second-order valence-electron chi connectivity index (χ2n) is 5.82. The van der Waals surface area contributed by atoms with E-state index in [0.29, 0.717) is 5.92 Å². The molecule has 0 amide bonds. The first kappa shape index (κ1) is 18.6. The first-order chi connectivity index (χ1) is 12.8. The zero-order valence-corrected chi connectivity index (χ0v) is 16.9. The van der Waals surface area contributed by atoms with Crippen LogP contribution in [0.4, 0.5) is 5.69 Å². The largest absolute Gasteiger partial charge is 0.494 e. The zero-order chi connectivity index (χ0) is 18.4. The van der Waals surface area contributed by atoms with Gasteiger partial charge in [0, 0.05) is 11.6 Å². The van der Waals surface area contributed by atoms with Crippen molar-refractivity contribution >= 4 is 34.6 Å². The quantitative estimate of drug-likeness (QED) is 0.474. The summed E-state index contributed by atoms with van der Waals surface area (Å²) in [6, 6.07) is 12.0. The highest BCUT2D eigenvalue weighted by Gasteiger charge is 2.10. The molecule has 0 aliphatic carbocycles. The molecule has 2 heterocycles. The van der Waals surface area contributed by atoms with Gasteiger partial charge < -0.3 is 4.74 Å². The van der Waals surface area contributed by atoms with Crippen molar-refractivity contribution in [2.75, 3.05) is 7.11 Å². The van der Waals surface area contributed by atoms with E-state index in [4.69, 9.17) is 14.8 Å². The van der Waals surface area contributed by atoms with Crippen LogP contribution in [-0.4, -0.2) is 18.0 Å². The van der Waals surface area contributed by atoms with Crippen LogP contribution in [-0.2, 0) is 0 Å². The van der Waals surface area contributed by atoms with Gasteiger partial charge >= 0.3 is 0 Å². The lowest BCUT2D eigenvalue weighted by atomic mass is 10.1. The summed E-state index contributed by atoms with van der Waals surface area (Å²) >= 11 is 3.30. The second-order valence-corrected chi connectivity index (χ2v) is 7.60. The fraction of sp³-hybridized carbons (Fsp3) is 0.300. The fourth-order valence-corrected chi connectivity index (χ4v) is 4.21. The highest BCUT2D eigenvalue weighted by molar-refractivity contribution is 7.14. The number of aromatic nitrogens is 1. The number of thiazole rings is 1. The Hall–Kier alpha value is -2.18. The van der Waals surface area contributed by atoms with Crippen LogP contribution in [0.15, 0.2) is 57.3 Å². The van der Waals surface area contributed by atoms with Crippen LogP contribution < -0.4 is 9.54 Å². The Kier molecular flexibility index (Phi) is 6.41. The number of thiophene rings is 1. The molecule has 26 heavy (non-hydrogen) atoms. The van der Waals surface area contributed by atoms with Crippen molar-refractivity contribution < 1.29 is 4.74 Å². The summed E-state index contributed by atoms with van der Waals surface area (Å²) in [6.45, 7) is 4.39. The molecular weight excluding hydrogens is 362 g/mol. The van der Waals surface area contributed by atoms with E-state index >= 15 is 0 Å². The van der Waals surface area contributed by atoms with Gasteiger partial charge in [0.15, 0.2) is 0 Å². The summed E-state index contributed by atoms with van der Waals surface area (Å²) in [5.74, 6) is 1.23. The number of ether oxygens (including phenoxy) is 1. The molecule has 0 atom stereocenters. The topological polar surface area (TPSA) is 38.9 Å². The minimum Gasteiger partial charge on any atom is -0.494 e. The van der Waals surface area contributed by atoms with Gasteiger partial charge in [0.05, 0.1) is 17.7 Å². The molecule has 0 saturated heterocycles. The summed E-state index contributed by atoms with van der Waals surface area (Å²) < 4.78 is 7.38. The molecule has 0 N–H and O–H groups in total. The fourth-order valence-electron chi connectivity index (χ4n) is 2.57. The SMILES string of the molecule is CCC(C=Nn1c(-c2cccs2)csc1=Nc1ccccc1OC)CC. The smallest absolute Gasteiger partial charge is 0.211 e. The maximum Gasteiger partial charge on any atom is 0.211 e. The van der Waals surface area contributed by atoms with Gasteiger partial charge in [-0.15, -0.1) is 22.7 Å². The van der Waals surface area contributed by atoms with Crippen LogP contribution in [0.5, 0.6) is 5.75 Å². The molecule has 3 rings (SSSR count). The molecule has 0 radical (unpaired) electrons. The molecule has 4 nitrogen and oxygen atoms in total. The van der Waals surface area contributed by atoms with Crippen molar-refractivity contribution in [1.29, 1.82) is 0 Å². The Morgan fingerprint density at radius 1 is 1.12 bits per heavy atom. The molecule has 0 saturated carbocycles. The Bertz CT molecular complexity index is 919. The molecular formula is C20H23N3OS2. The predicted molar refractivity (Wildman–Crippen MR) is 112 cm³/mol. The molecule has 2 aromatic heterocycles. The normalized spacial score (nSPS) is 12.4. The third-order valence-corrected chi connectivity index (χ3v) is 5.91. The molecule has 0 spiro atoms. The van der Waals surface area contributed by atoms with Crippen LogP contribution in [0.2, 0.25) is 0 Å². The molecule has 136 valence electrons. The van der Waals surface area contributed by atoms with Gasteiger partial charge in [-0.05, 0) is 42.3 Å². The number of para-hydroxylation sites is 2. The highest BCUT2D eigenvalue weighted by Crippen LogP contribution is 2.28. The van der Waals surface area contributed by atoms with E-state index in [0.717, 1.165) is 34.8 Å². The van der Waals surface area contributed by atoms with Gasteiger partial charge in [-0.2, -0.15) is 5.10 Å². The van der Waals surface area contributed by atoms with Crippen molar-refractivity contribution in [1.82, 2.24) is 4.68 Å². The third kappa shape index (κ3) is 4.14. The third-order valence-electron chi connectivity index (χ3n) is 4.20. The van der Waals surface area contributed by atoms with Gasteiger partial charge in [0.2, 0.25) is 4.80 Å². The Labute approximate surface area is 162 Å². The summed E-state index contributed by atoms with van der Waals surface area (Å²) in [5.41, 5.74) is 1.88. The van der Waals surface area contributed by atoms with Gasteiger partial charge in [0.1, 0.15) is 11.4 Å². The van der Waals surface area contributed by atoms with Crippen LogP contribution in [0, 0.1) is 5.92 Å². The number of methoxy groups -OCH3 is 1. The lowest BCUT2D eigenvalue weighted by Crippen LogP contribution is -2.12. The molecule has 0 fully saturated rings. The molecule has 6 heteroatoms. The van der Waals surface area contributed by atoms with Gasteiger partial charge in [0.25, 0.3) is 0 Å². The van der Waals surface area contributed by atoms with Crippen LogP contribution in [0.25, 0.3) is 10.6 Å². The summed E-state index contributed by atoms with van der Waals surface area (Å²) in [5, 5.41) is 8.99. The van der Waals surface area contributed by atoms with Crippen molar-refractivity contribution in [3.63, 3.8) is 0 Å². The first-order valence-electron chi connectivity index (χ1n) is 8.73. The molecule has 0 aliphatic heterocycles. The standard InChI is InChI=1S/C20H23N3OS2/c1-4-15(5-2)13-21-23-17(19-11-8-12-25-19)14-26-20(23)22-16-9-6-7-10-18(16)24-3/h6-15H,4-5H2,1-3H3. The van der Waals surface area contributed by atoms with Gasteiger partial charge in [-0.1, -0.05) is 32.0 Å². The maximum absolute atomic E-state index is 5.43. The summed E-state index contributed by atoms with van der Waals surface area (Å²) in [4.78, 5) is 6.84. The highest BCUT2D eigenvalue weighted by atomic mass is 32.1. The van der Waals surface area contributed by atoms with Crippen molar-refractivity contribution in [2.24, 2.45) is 16.0 Å². The molecule has 0 bridgehead atoms. The van der Waals surface area contributed by atoms with Crippen LogP contribution in [0.3, 0.4) is 0 Å². The summed E-state index contributed by atoms with van der Waals surface area (Å²) in [7, 11) is 1.67. The molecule has 0 aliphatic rings. The Morgan fingerprint density at radius 2 is 1.92 bits per heavy atom. The monoisotopic (exact) mass is 385 g/mol. The maximum atomic E-state index is 5.43. The van der Waals surface area contributed by atoms with Gasteiger partial charge in [-0.3, -0.25) is 0 Å². The van der Waals surface area contributed by atoms with Gasteiger partial charge in [-0.25, -0.2) is 9.67 Å². The number of hydrogen-bond donors (Lipinski definition) is 0. The average Bonchev–Trinajstić information content (AvgIpc) is 3.33. The van der Waals surface area contributed by atoms with E-state index in [9.17, 15) is 0 Å². The Balaban J connectivity index is 2.12. The van der Waals surface area contributed by atoms with Crippen molar-refractivity contribution in [3.8, 4) is 16.3 Å². The Morgan fingerprint density at radius 3 is 2.62 bits per heavy atom. The number of benzene rings is 1. The number of hydrogen-bond acceptors (Lipinski definition) is 5. The lowest BCUT2D eigenvalue weighted by Gasteiger charge is -2.06. The number of nitrogens with zero attached hydrogens (tertiary/aromatic N) is 3. The van der Waals surface area contributed by atoms with E-state index < -0.39 is 0 Å². The summed E-state index contributed by atoms with van der Waals surface area (Å²) in [6.07, 6.45) is 4.21. The van der Waals surface area contributed by atoms with E-state index in [1.807, 2.05) is 35.2 Å². The van der Waals surface area contributed by atoms with E-state index in [1.54, 1.807) is 29.8 Å². The average molecular weight is 386 g/mol. The minimum absolute atomic E-state index is 0.470. The van der Waals surface area contributed by atoms with Crippen molar-refractivity contribution in [2.45, 2.75) is 26.7 Å². The van der Waals surface area contributed by atoms with E-state index in [2.05, 4.69) is 36.7 Å². The molecule has 3 aromatic rings. The number of rotatable bonds is 7. The van der Waals surface area contributed by atoms with E-state index in [-0.39, 0.29) is 0 Å². The van der Waals surface area contributed by atoms with E-state index in [1.165, 1.54) is 4.88 Å². The zero-order valence-electron chi connectivity index (χ0n) is 15.3. The lowest BCUT2D eigenvalue weighted by molar-refractivity contribution is 0.416. The second kappa shape index (κ2) is 8.96. The van der Waals surface area contributed by atoms with Crippen LogP contribution >= 0.6 is 22.7 Å². The van der Waals surface area contributed by atoms with Crippen LogP contribution in [0.1, 0.15) is 26.7 Å². The molecule has 1 aromatic carbocycles. The molecule has 0 unspecified atom stereocenters.